The van der Waals surface area contributed by atoms with Gasteiger partial charge in [-0.1, -0.05) is 30.3 Å². The maximum absolute atomic E-state index is 11.8. The molecule has 0 atom stereocenters. The smallest absolute Gasteiger partial charge is 0.234 e. The molecule has 2 aromatic rings. The van der Waals surface area contributed by atoms with Gasteiger partial charge in [0.1, 0.15) is 5.76 Å². The molecule has 0 unspecified atom stereocenters. The molecule has 0 bridgehead atoms. The van der Waals surface area contributed by atoms with Crippen molar-refractivity contribution in [2.45, 2.75) is 13.1 Å². The monoisotopic (exact) mass is 336 g/mol. The van der Waals surface area contributed by atoms with Gasteiger partial charge in [-0.15, -0.1) is 0 Å². The first-order chi connectivity index (χ1) is 9.63. The molecule has 0 fully saturated rings. The number of halogens is 1. The van der Waals surface area contributed by atoms with Crippen molar-refractivity contribution in [3.05, 3.63) is 58.5 Å². The molecule has 106 valence electrons. The highest BCUT2D eigenvalue weighted by molar-refractivity contribution is 9.10. The van der Waals surface area contributed by atoms with E-state index in [1.807, 2.05) is 54.4 Å². The number of likely N-dealkylation sites (N-methyl/N-ethyl adjacent to an activating group) is 1. The molecule has 0 radical (unpaired) electrons. The zero-order valence-electron chi connectivity index (χ0n) is 11.3. The lowest BCUT2D eigenvalue weighted by atomic mass is 10.2. The van der Waals surface area contributed by atoms with Crippen molar-refractivity contribution in [2.75, 3.05) is 13.6 Å². The highest BCUT2D eigenvalue weighted by atomic mass is 79.9. The van der Waals surface area contributed by atoms with Crippen molar-refractivity contribution in [3.63, 3.8) is 0 Å². The summed E-state index contributed by atoms with van der Waals surface area (Å²) in [5.74, 6) is 0.831. The van der Waals surface area contributed by atoms with E-state index in [0.717, 1.165) is 11.3 Å². The summed E-state index contributed by atoms with van der Waals surface area (Å²) in [6.07, 6.45) is 0. The van der Waals surface area contributed by atoms with Crippen LogP contribution in [-0.2, 0) is 17.9 Å². The Labute approximate surface area is 126 Å². The van der Waals surface area contributed by atoms with E-state index < -0.39 is 0 Å². The van der Waals surface area contributed by atoms with Crippen LogP contribution in [0.4, 0.5) is 0 Å². The van der Waals surface area contributed by atoms with Crippen LogP contribution in [-0.4, -0.2) is 24.4 Å². The predicted molar refractivity (Wildman–Crippen MR) is 81.0 cm³/mol. The fraction of sp³-hybridized carbons (Fsp3) is 0.267. The Balaban J connectivity index is 1.73. The summed E-state index contributed by atoms with van der Waals surface area (Å²) in [6.45, 7) is 1.50. The molecule has 4 nitrogen and oxygen atoms in total. The number of carbonyl (C=O) groups is 1. The van der Waals surface area contributed by atoms with Crippen LogP contribution in [0.1, 0.15) is 11.3 Å². The minimum atomic E-state index is 0.00183. The minimum absolute atomic E-state index is 0.00183. The number of nitrogens with one attached hydrogen (secondary N) is 1. The summed E-state index contributed by atoms with van der Waals surface area (Å²) in [6, 6.07) is 13.6. The van der Waals surface area contributed by atoms with Crippen molar-refractivity contribution in [1.82, 2.24) is 10.2 Å². The van der Waals surface area contributed by atoms with E-state index in [-0.39, 0.29) is 5.91 Å². The second kappa shape index (κ2) is 7.26. The normalized spacial score (nSPS) is 10.8. The van der Waals surface area contributed by atoms with E-state index >= 15 is 0 Å². The molecule has 5 heteroatoms. The number of hydrogen-bond acceptors (Lipinski definition) is 3. The molecule has 1 aromatic carbocycles. The fourth-order valence-electron chi connectivity index (χ4n) is 1.86. The Morgan fingerprint density at radius 3 is 2.65 bits per heavy atom. The zero-order chi connectivity index (χ0) is 14.4. The predicted octanol–water partition coefficient (Wildman–Crippen LogP) is 2.79. The van der Waals surface area contributed by atoms with E-state index in [9.17, 15) is 4.79 Å². The highest BCUT2D eigenvalue weighted by Gasteiger charge is 2.09. The van der Waals surface area contributed by atoms with Crippen LogP contribution in [0.15, 0.2) is 51.6 Å². The largest absolute Gasteiger partial charge is 0.453 e. The van der Waals surface area contributed by atoms with Crippen LogP contribution >= 0.6 is 15.9 Å². The zero-order valence-corrected chi connectivity index (χ0v) is 12.9. The summed E-state index contributed by atoms with van der Waals surface area (Å²) in [5.41, 5.74) is 1.10. The fourth-order valence-corrected chi connectivity index (χ4v) is 2.20. The van der Waals surface area contributed by atoms with E-state index in [1.165, 1.54) is 0 Å². The van der Waals surface area contributed by atoms with Crippen LogP contribution in [0, 0.1) is 0 Å². The van der Waals surface area contributed by atoms with Crippen molar-refractivity contribution in [1.29, 1.82) is 0 Å². The lowest BCUT2D eigenvalue weighted by molar-refractivity contribution is -0.122. The molecule has 0 saturated heterocycles. The van der Waals surface area contributed by atoms with Gasteiger partial charge < -0.3 is 9.73 Å². The number of benzene rings is 1. The van der Waals surface area contributed by atoms with Crippen LogP contribution in [0.3, 0.4) is 0 Å². The second-order valence-electron chi connectivity index (χ2n) is 4.64. The Hall–Kier alpha value is -1.59. The van der Waals surface area contributed by atoms with Crippen molar-refractivity contribution >= 4 is 21.8 Å². The third-order valence-electron chi connectivity index (χ3n) is 2.80. The minimum Gasteiger partial charge on any atom is -0.453 e. The average Bonchev–Trinajstić information content (AvgIpc) is 2.83. The molecule has 20 heavy (non-hydrogen) atoms. The number of nitrogens with zero attached hydrogens (tertiary/aromatic N) is 1. The number of furan rings is 1. The summed E-state index contributed by atoms with van der Waals surface area (Å²) in [7, 11) is 1.89. The van der Waals surface area contributed by atoms with E-state index in [0.29, 0.717) is 24.3 Å². The lowest BCUT2D eigenvalue weighted by Gasteiger charge is -2.14. The van der Waals surface area contributed by atoms with Gasteiger partial charge in [0.05, 0.1) is 13.1 Å². The van der Waals surface area contributed by atoms with Gasteiger partial charge in [-0.05, 0) is 40.7 Å². The molecule has 0 saturated carbocycles. The third kappa shape index (κ3) is 4.83. The van der Waals surface area contributed by atoms with Crippen molar-refractivity contribution in [3.8, 4) is 0 Å². The van der Waals surface area contributed by atoms with E-state index in [2.05, 4.69) is 21.2 Å². The first-order valence-electron chi connectivity index (χ1n) is 6.37. The first kappa shape index (κ1) is 14.8. The summed E-state index contributed by atoms with van der Waals surface area (Å²) >= 11 is 3.26. The van der Waals surface area contributed by atoms with Crippen LogP contribution in [0.5, 0.6) is 0 Å². The van der Waals surface area contributed by atoms with Gasteiger partial charge in [-0.25, -0.2) is 0 Å². The molecule has 0 aliphatic carbocycles. The molecule has 0 aliphatic heterocycles. The maximum Gasteiger partial charge on any atom is 0.234 e. The lowest BCUT2D eigenvalue weighted by Crippen LogP contribution is -2.34. The standard InChI is InChI=1S/C15H17BrN2O2/c1-18(10-13-7-8-14(16)20-13)11-15(19)17-9-12-5-3-2-4-6-12/h2-8H,9-11H2,1H3,(H,17,19). The van der Waals surface area contributed by atoms with Gasteiger partial charge >= 0.3 is 0 Å². The Morgan fingerprint density at radius 2 is 2.00 bits per heavy atom. The molecule has 1 heterocycles. The van der Waals surface area contributed by atoms with Crippen LogP contribution < -0.4 is 5.32 Å². The van der Waals surface area contributed by atoms with Gasteiger partial charge in [-0.2, -0.15) is 0 Å². The number of hydrogen-bond donors (Lipinski definition) is 1. The SMILES string of the molecule is CN(CC(=O)NCc1ccccc1)Cc1ccc(Br)o1. The second-order valence-corrected chi connectivity index (χ2v) is 5.42. The molecule has 2 rings (SSSR count). The number of rotatable bonds is 6. The van der Waals surface area contributed by atoms with Crippen LogP contribution in [0.2, 0.25) is 0 Å². The molecular formula is C15H17BrN2O2. The summed E-state index contributed by atoms with van der Waals surface area (Å²) in [5, 5.41) is 2.90. The number of amides is 1. The van der Waals surface area contributed by atoms with Gasteiger partial charge in [0.15, 0.2) is 4.67 Å². The molecule has 1 amide bonds. The van der Waals surface area contributed by atoms with Gasteiger partial charge in [0, 0.05) is 6.54 Å². The summed E-state index contributed by atoms with van der Waals surface area (Å²) in [4.78, 5) is 13.7. The molecular weight excluding hydrogens is 320 g/mol. The van der Waals surface area contributed by atoms with E-state index in [4.69, 9.17) is 4.42 Å². The molecule has 0 spiro atoms. The molecule has 1 aromatic heterocycles. The Morgan fingerprint density at radius 1 is 1.25 bits per heavy atom. The maximum atomic E-state index is 11.8. The first-order valence-corrected chi connectivity index (χ1v) is 7.16. The van der Waals surface area contributed by atoms with Gasteiger partial charge in [-0.3, -0.25) is 9.69 Å². The van der Waals surface area contributed by atoms with Gasteiger partial charge in [0.25, 0.3) is 0 Å². The van der Waals surface area contributed by atoms with Crippen molar-refractivity contribution < 1.29 is 9.21 Å². The number of carbonyl (C=O) groups excluding carboxylic acids is 1. The summed E-state index contributed by atoms with van der Waals surface area (Å²) < 4.78 is 6.11. The van der Waals surface area contributed by atoms with Crippen molar-refractivity contribution in [2.24, 2.45) is 0 Å². The highest BCUT2D eigenvalue weighted by Crippen LogP contribution is 2.15. The molecule has 1 N–H and O–H groups in total. The topological polar surface area (TPSA) is 45.5 Å². The Bertz CT molecular complexity index is 554. The van der Waals surface area contributed by atoms with Gasteiger partial charge in [0.2, 0.25) is 5.91 Å². The van der Waals surface area contributed by atoms with Crippen LogP contribution in [0.25, 0.3) is 0 Å². The van der Waals surface area contributed by atoms with E-state index in [1.54, 1.807) is 0 Å². The third-order valence-corrected chi connectivity index (χ3v) is 3.23. The molecule has 0 aliphatic rings. The average molecular weight is 337 g/mol. The Kier molecular flexibility index (Phi) is 5.38. The quantitative estimate of drug-likeness (QED) is 0.882.